The molecule has 3 aromatic rings. The van der Waals surface area contributed by atoms with Crippen LogP contribution in [-0.4, -0.2) is 26.1 Å². The minimum atomic E-state index is -0.0843. The highest BCUT2D eigenvalue weighted by molar-refractivity contribution is 9.11. The van der Waals surface area contributed by atoms with E-state index in [1.54, 1.807) is 4.68 Å². The Morgan fingerprint density at radius 3 is 2.61 bits per heavy atom. The normalized spacial score (nSPS) is 10.5. The predicted octanol–water partition coefficient (Wildman–Crippen LogP) is 3.37. The Bertz CT molecular complexity index is 818. The highest BCUT2D eigenvalue weighted by Crippen LogP contribution is 2.26. The van der Waals surface area contributed by atoms with Crippen molar-refractivity contribution < 1.29 is 4.79 Å². The van der Waals surface area contributed by atoms with Crippen LogP contribution in [0.15, 0.2) is 57.7 Å². The maximum atomic E-state index is 12.2. The lowest BCUT2D eigenvalue weighted by Crippen LogP contribution is -2.14. The van der Waals surface area contributed by atoms with Crippen LogP contribution >= 0.6 is 31.9 Å². The molecule has 8 heteroatoms. The largest absolute Gasteiger partial charge is 0.325 e. The van der Waals surface area contributed by atoms with Crippen molar-refractivity contribution in [2.45, 2.75) is 6.42 Å². The quantitative estimate of drug-likeness (QED) is 0.680. The van der Waals surface area contributed by atoms with Crippen LogP contribution in [0.25, 0.3) is 5.69 Å². The third-order valence-corrected chi connectivity index (χ3v) is 4.30. The summed E-state index contributed by atoms with van der Waals surface area (Å²) in [4.78, 5) is 12.2. The Kier molecular flexibility index (Phi) is 4.82. The zero-order valence-electron chi connectivity index (χ0n) is 11.8. The van der Waals surface area contributed by atoms with E-state index in [0.717, 1.165) is 25.9 Å². The molecule has 1 amide bonds. The van der Waals surface area contributed by atoms with Gasteiger partial charge in [0.15, 0.2) is 0 Å². The second kappa shape index (κ2) is 7.01. The van der Waals surface area contributed by atoms with Gasteiger partial charge < -0.3 is 5.32 Å². The van der Waals surface area contributed by atoms with Crippen molar-refractivity contribution in [1.29, 1.82) is 0 Å². The first-order chi connectivity index (χ1) is 11.1. The number of hydrogen-bond acceptors (Lipinski definition) is 4. The maximum absolute atomic E-state index is 12.2. The standard InChI is InChI=1S/C15H11Br2N5O/c16-11-3-6-13(17)14(8-11)19-15(23)7-10-1-4-12(5-2-10)22-9-18-20-21-22/h1-6,8-9H,7H2,(H,19,23). The number of anilines is 1. The van der Waals surface area contributed by atoms with Gasteiger partial charge in [-0.1, -0.05) is 28.1 Å². The van der Waals surface area contributed by atoms with Gasteiger partial charge in [0, 0.05) is 8.95 Å². The topological polar surface area (TPSA) is 72.7 Å². The Morgan fingerprint density at radius 2 is 1.91 bits per heavy atom. The summed E-state index contributed by atoms with van der Waals surface area (Å²) in [6.07, 6.45) is 1.81. The lowest BCUT2D eigenvalue weighted by atomic mass is 10.1. The fourth-order valence-electron chi connectivity index (χ4n) is 2.02. The lowest BCUT2D eigenvalue weighted by molar-refractivity contribution is -0.115. The Balaban J connectivity index is 1.67. The van der Waals surface area contributed by atoms with Crippen molar-refractivity contribution in [2.24, 2.45) is 0 Å². The summed E-state index contributed by atoms with van der Waals surface area (Å²) >= 11 is 6.81. The van der Waals surface area contributed by atoms with Crippen LogP contribution in [0.4, 0.5) is 5.69 Å². The van der Waals surface area contributed by atoms with E-state index >= 15 is 0 Å². The molecule has 2 aromatic carbocycles. The summed E-state index contributed by atoms with van der Waals surface area (Å²) in [5, 5.41) is 13.9. The number of benzene rings is 2. The number of rotatable bonds is 4. The molecule has 0 radical (unpaired) electrons. The third-order valence-electron chi connectivity index (χ3n) is 3.12. The molecular formula is C15H11Br2N5O. The number of amides is 1. The van der Waals surface area contributed by atoms with Gasteiger partial charge in [-0.25, -0.2) is 4.68 Å². The zero-order chi connectivity index (χ0) is 16.2. The Morgan fingerprint density at radius 1 is 1.13 bits per heavy atom. The summed E-state index contributed by atoms with van der Waals surface area (Å²) in [7, 11) is 0. The molecule has 0 atom stereocenters. The van der Waals surface area contributed by atoms with Gasteiger partial charge in [-0.2, -0.15) is 0 Å². The van der Waals surface area contributed by atoms with Crippen molar-refractivity contribution in [1.82, 2.24) is 20.2 Å². The zero-order valence-corrected chi connectivity index (χ0v) is 15.0. The van der Waals surface area contributed by atoms with Gasteiger partial charge in [0.05, 0.1) is 17.8 Å². The number of halogens is 2. The molecule has 0 saturated carbocycles. The average Bonchev–Trinajstić information content (AvgIpc) is 3.06. The van der Waals surface area contributed by atoms with Gasteiger partial charge in [0.2, 0.25) is 5.91 Å². The molecule has 0 fully saturated rings. The number of carbonyl (C=O) groups is 1. The van der Waals surface area contributed by atoms with Crippen LogP contribution < -0.4 is 5.32 Å². The van der Waals surface area contributed by atoms with E-state index in [2.05, 4.69) is 52.7 Å². The molecule has 0 aliphatic heterocycles. The molecular weight excluding hydrogens is 426 g/mol. The molecule has 0 aliphatic carbocycles. The molecule has 3 rings (SSSR count). The van der Waals surface area contributed by atoms with Gasteiger partial charge in [0.1, 0.15) is 6.33 Å². The van der Waals surface area contributed by atoms with Crippen LogP contribution in [0.3, 0.4) is 0 Å². The van der Waals surface area contributed by atoms with Crippen LogP contribution in [0.5, 0.6) is 0 Å². The van der Waals surface area contributed by atoms with Crippen molar-refractivity contribution in [2.75, 3.05) is 5.32 Å². The van der Waals surface area contributed by atoms with Crippen molar-refractivity contribution >= 4 is 43.5 Å². The number of nitrogens with one attached hydrogen (secondary N) is 1. The van der Waals surface area contributed by atoms with Gasteiger partial charge >= 0.3 is 0 Å². The molecule has 1 N–H and O–H groups in total. The SMILES string of the molecule is O=C(Cc1ccc(-n2cnnn2)cc1)Nc1cc(Br)ccc1Br. The molecule has 0 unspecified atom stereocenters. The molecule has 23 heavy (non-hydrogen) atoms. The minimum absolute atomic E-state index is 0.0843. The summed E-state index contributed by atoms with van der Waals surface area (Å²) in [5.74, 6) is -0.0843. The Hall–Kier alpha value is -2.06. The van der Waals surface area contributed by atoms with Crippen LogP contribution in [-0.2, 0) is 11.2 Å². The van der Waals surface area contributed by atoms with E-state index in [1.165, 1.54) is 6.33 Å². The van der Waals surface area contributed by atoms with Gasteiger partial charge in [-0.15, -0.1) is 5.10 Å². The molecule has 1 aromatic heterocycles. The highest BCUT2D eigenvalue weighted by Gasteiger charge is 2.08. The minimum Gasteiger partial charge on any atom is -0.325 e. The molecule has 0 spiro atoms. The predicted molar refractivity (Wildman–Crippen MR) is 93.3 cm³/mol. The first-order valence-electron chi connectivity index (χ1n) is 6.69. The van der Waals surface area contributed by atoms with E-state index < -0.39 is 0 Å². The third kappa shape index (κ3) is 4.02. The van der Waals surface area contributed by atoms with E-state index in [9.17, 15) is 4.79 Å². The first kappa shape index (κ1) is 15.8. The lowest BCUT2D eigenvalue weighted by Gasteiger charge is -2.08. The maximum Gasteiger partial charge on any atom is 0.228 e. The molecule has 1 heterocycles. The number of hydrogen-bond donors (Lipinski definition) is 1. The molecule has 0 aliphatic rings. The molecule has 0 saturated heterocycles. The Labute approximate surface area is 149 Å². The summed E-state index contributed by atoms with van der Waals surface area (Å²) in [5.41, 5.74) is 2.48. The molecule has 116 valence electrons. The van der Waals surface area contributed by atoms with Gasteiger partial charge in [0.25, 0.3) is 0 Å². The monoisotopic (exact) mass is 435 g/mol. The van der Waals surface area contributed by atoms with Crippen molar-refractivity contribution in [3.8, 4) is 5.69 Å². The van der Waals surface area contributed by atoms with Crippen molar-refractivity contribution in [3.05, 3.63) is 63.3 Å². The fraction of sp³-hybridized carbons (Fsp3) is 0.0667. The summed E-state index contributed by atoms with van der Waals surface area (Å²) in [6.45, 7) is 0. The van der Waals surface area contributed by atoms with Crippen molar-refractivity contribution in [3.63, 3.8) is 0 Å². The van der Waals surface area contributed by atoms with Crippen LogP contribution in [0, 0.1) is 0 Å². The first-order valence-corrected chi connectivity index (χ1v) is 8.27. The van der Waals surface area contributed by atoms with E-state index in [4.69, 9.17) is 0 Å². The van der Waals surface area contributed by atoms with Gasteiger partial charge in [-0.05, 0) is 62.3 Å². The highest BCUT2D eigenvalue weighted by atomic mass is 79.9. The second-order valence-electron chi connectivity index (χ2n) is 4.77. The van der Waals surface area contributed by atoms with E-state index in [-0.39, 0.29) is 12.3 Å². The summed E-state index contributed by atoms with van der Waals surface area (Å²) < 4.78 is 3.30. The van der Waals surface area contributed by atoms with Gasteiger partial charge in [-0.3, -0.25) is 4.79 Å². The molecule has 6 nitrogen and oxygen atoms in total. The average molecular weight is 437 g/mol. The summed E-state index contributed by atoms with van der Waals surface area (Å²) in [6, 6.07) is 13.1. The number of aromatic nitrogens is 4. The van der Waals surface area contributed by atoms with E-state index in [1.807, 2.05) is 42.5 Å². The number of tetrazole rings is 1. The smallest absolute Gasteiger partial charge is 0.228 e. The fourth-order valence-corrected chi connectivity index (χ4v) is 2.73. The number of carbonyl (C=O) groups excluding carboxylic acids is 1. The molecule has 0 bridgehead atoms. The second-order valence-corrected chi connectivity index (χ2v) is 6.54. The van der Waals surface area contributed by atoms with Crippen LogP contribution in [0.1, 0.15) is 5.56 Å². The van der Waals surface area contributed by atoms with E-state index in [0.29, 0.717) is 0 Å². The number of nitrogens with zero attached hydrogens (tertiary/aromatic N) is 4. The van der Waals surface area contributed by atoms with Crippen LogP contribution in [0.2, 0.25) is 0 Å².